The number of benzene rings is 1. The lowest BCUT2D eigenvalue weighted by molar-refractivity contribution is -0.141. The summed E-state index contributed by atoms with van der Waals surface area (Å²) in [7, 11) is 0. The Balaban J connectivity index is 1.93. The molecule has 1 fully saturated rings. The number of hydrogen-bond acceptors (Lipinski definition) is 3. The quantitative estimate of drug-likeness (QED) is 0.857. The van der Waals surface area contributed by atoms with Gasteiger partial charge in [-0.25, -0.2) is 0 Å². The SMILES string of the molecule is CC(Cc1cccc(OCC2(C)COC2)c1)C(=O)O. The van der Waals surface area contributed by atoms with Crippen LogP contribution in [0.1, 0.15) is 19.4 Å². The maximum absolute atomic E-state index is 10.8. The first-order valence-corrected chi connectivity index (χ1v) is 6.51. The van der Waals surface area contributed by atoms with Gasteiger partial charge in [0.25, 0.3) is 0 Å². The molecular weight excluding hydrogens is 244 g/mol. The van der Waals surface area contributed by atoms with E-state index in [0.717, 1.165) is 24.5 Å². The molecule has 1 heterocycles. The number of carboxylic acids is 1. The first kappa shape index (κ1) is 13.9. The predicted molar refractivity (Wildman–Crippen MR) is 71.4 cm³/mol. The molecule has 1 N–H and O–H groups in total. The Kier molecular flexibility index (Phi) is 4.10. The van der Waals surface area contributed by atoms with E-state index in [1.165, 1.54) is 0 Å². The Labute approximate surface area is 113 Å². The Bertz CT molecular complexity index is 451. The molecule has 2 rings (SSSR count). The largest absolute Gasteiger partial charge is 0.493 e. The van der Waals surface area contributed by atoms with Crippen molar-refractivity contribution >= 4 is 5.97 Å². The van der Waals surface area contributed by atoms with Crippen LogP contribution in [-0.4, -0.2) is 30.9 Å². The number of rotatable bonds is 6. The Morgan fingerprint density at radius 2 is 2.26 bits per heavy atom. The lowest BCUT2D eigenvalue weighted by Gasteiger charge is -2.37. The summed E-state index contributed by atoms with van der Waals surface area (Å²) in [5, 5.41) is 8.92. The predicted octanol–water partition coefficient (Wildman–Crippen LogP) is 2.37. The van der Waals surface area contributed by atoms with Gasteiger partial charge in [0.1, 0.15) is 5.75 Å². The molecule has 4 heteroatoms. The van der Waals surface area contributed by atoms with Gasteiger partial charge in [-0.05, 0) is 24.1 Å². The molecule has 0 saturated carbocycles. The van der Waals surface area contributed by atoms with Crippen LogP contribution < -0.4 is 4.74 Å². The fraction of sp³-hybridized carbons (Fsp3) is 0.533. The summed E-state index contributed by atoms with van der Waals surface area (Å²) >= 11 is 0. The third-order valence-corrected chi connectivity index (χ3v) is 3.35. The second-order valence-electron chi connectivity index (χ2n) is 5.68. The van der Waals surface area contributed by atoms with Gasteiger partial charge in [0.05, 0.1) is 25.7 Å². The van der Waals surface area contributed by atoms with Crippen molar-refractivity contribution in [2.75, 3.05) is 19.8 Å². The Morgan fingerprint density at radius 3 is 2.84 bits per heavy atom. The van der Waals surface area contributed by atoms with Crippen LogP contribution in [-0.2, 0) is 16.0 Å². The topological polar surface area (TPSA) is 55.8 Å². The summed E-state index contributed by atoms with van der Waals surface area (Å²) < 4.78 is 11.0. The second kappa shape index (κ2) is 5.61. The zero-order valence-corrected chi connectivity index (χ0v) is 11.4. The van der Waals surface area contributed by atoms with E-state index in [4.69, 9.17) is 14.6 Å². The molecule has 0 bridgehead atoms. The normalized spacial score (nSPS) is 18.4. The highest BCUT2D eigenvalue weighted by Gasteiger charge is 2.34. The molecule has 1 saturated heterocycles. The van der Waals surface area contributed by atoms with Crippen LogP contribution >= 0.6 is 0 Å². The van der Waals surface area contributed by atoms with E-state index in [-0.39, 0.29) is 11.3 Å². The Morgan fingerprint density at radius 1 is 1.53 bits per heavy atom. The fourth-order valence-corrected chi connectivity index (χ4v) is 1.99. The summed E-state index contributed by atoms with van der Waals surface area (Å²) in [6.45, 7) is 5.95. The summed E-state index contributed by atoms with van der Waals surface area (Å²) in [4.78, 5) is 10.8. The molecule has 19 heavy (non-hydrogen) atoms. The van der Waals surface area contributed by atoms with Crippen LogP contribution in [0.5, 0.6) is 5.75 Å². The molecule has 1 unspecified atom stereocenters. The standard InChI is InChI=1S/C15H20O4/c1-11(14(16)17)6-12-4-3-5-13(7-12)19-10-15(2)8-18-9-15/h3-5,7,11H,6,8-10H2,1-2H3,(H,16,17). The zero-order valence-electron chi connectivity index (χ0n) is 11.4. The molecule has 1 aliphatic heterocycles. The smallest absolute Gasteiger partial charge is 0.306 e. The minimum atomic E-state index is -0.773. The summed E-state index contributed by atoms with van der Waals surface area (Å²) in [5.74, 6) is -0.360. The third-order valence-electron chi connectivity index (χ3n) is 3.35. The highest BCUT2D eigenvalue weighted by Crippen LogP contribution is 2.28. The van der Waals surface area contributed by atoms with Crippen molar-refractivity contribution in [1.82, 2.24) is 0 Å². The van der Waals surface area contributed by atoms with E-state index >= 15 is 0 Å². The van der Waals surface area contributed by atoms with Crippen molar-refractivity contribution in [2.45, 2.75) is 20.3 Å². The molecule has 0 amide bonds. The number of carbonyl (C=O) groups is 1. The number of aliphatic carboxylic acids is 1. The molecule has 0 aromatic heterocycles. The maximum Gasteiger partial charge on any atom is 0.306 e. The highest BCUT2D eigenvalue weighted by molar-refractivity contribution is 5.69. The molecule has 0 spiro atoms. The van der Waals surface area contributed by atoms with Crippen LogP contribution in [0.4, 0.5) is 0 Å². The molecule has 0 aliphatic carbocycles. The van der Waals surface area contributed by atoms with E-state index in [9.17, 15) is 4.79 Å². The molecular formula is C15H20O4. The van der Waals surface area contributed by atoms with Crippen LogP contribution in [0.25, 0.3) is 0 Å². The van der Waals surface area contributed by atoms with E-state index in [1.807, 2.05) is 24.3 Å². The maximum atomic E-state index is 10.8. The fourth-order valence-electron chi connectivity index (χ4n) is 1.99. The minimum Gasteiger partial charge on any atom is -0.493 e. The van der Waals surface area contributed by atoms with Gasteiger partial charge in [-0.15, -0.1) is 0 Å². The average molecular weight is 264 g/mol. The molecule has 1 aromatic rings. The van der Waals surface area contributed by atoms with Gasteiger partial charge in [-0.1, -0.05) is 26.0 Å². The van der Waals surface area contributed by atoms with Gasteiger partial charge in [-0.3, -0.25) is 4.79 Å². The highest BCUT2D eigenvalue weighted by atomic mass is 16.5. The van der Waals surface area contributed by atoms with E-state index in [2.05, 4.69) is 6.92 Å². The van der Waals surface area contributed by atoms with Crippen molar-refractivity contribution in [3.63, 3.8) is 0 Å². The number of carboxylic acid groups (broad SMARTS) is 1. The number of hydrogen-bond donors (Lipinski definition) is 1. The van der Waals surface area contributed by atoms with E-state index in [0.29, 0.717) is 13.0 Å². The van der Waals surface area contributed by atoms with Crippen LogP contribution in [0.2, 0.25) is 0 Å². The summed E-state index contributed by atoms with van der Waals surface area (Å²) in [6, 6.07) is 7.65. The van der Waals surface area contributed by atoms with Crippen molar-refractivity contribution in [2.24, 2.45) is 11.3 Å². The monoisotopic (exact) mass is 264 g/mol. The molecule has 1 atom stereocenters. The van der Waals surface area contributed by atoms with Crippen LogP contribution in [0.3, 0.4) is 0 Å². The first-order valence-electron chi connectivity index (χ1n) is 6.51. The van der Waals surface area contributed by atoms with Crippen molar-refractivity contribution in [3.8, 4) is 5.75 Å². The number of ether oxygens (including phenoxy) is 2. The summed E-state index contributed by atoms with van der Waals surface area (Å²) in [5.41, 5.74) is 1.10. The molecule has 0 radical (unpaired) electrons. The van der Waals surface area contributed by atoms with Crippen molar-refractivity contribution in [3.05, 3.63) is 29.8 Å². The summed E-state index contributed by atoms with van der Waals surface area (Å²) in [6.07, 6.45) is 0.521. The van der Waals surface area contributed by atoms with Gasteiger partial charge >= 0.3 is 5.97 Å². The van der Waals surface area contributed by atoms with Crippen molar-refractivity contribution in [1.29, 1.82) is 0 Å². The van der Waals surface area contributed by atoms with E-state index < -0.39 is 5.97 Å². The molecule has 4 nitrogen and oxygen atoms in total. The molecule has 104 valence electrons. The van der Waals surface area contributed by atoms with Crippen molar-refractivity contribution < 1.29 is 19.4 Å². The molecule has 1 aliphatic rings. The minimum absolute atomic E-state index is 0.115. The van der Waals surface area contributed by atoms with Gasteiger partial charge in [0.15, 0.2) is 0 Å². The van der Waals surface area contributed by atoms with Gasteiger partial charge < -0.3 is 14.6 Å². The van der Waals surface area contributed by atoms with Crippen LogP contribution in [0, 0.1) is 11.3 Å². The average Bonchev–Trinajstić information content (AvgIpc) is 2.34. The zero-order chi connectivity index (χ0) is 13.9. The third kappa shape index (κ3) is 3.70. The van der Waals surface area contributed by atoms with Gasteiger partial charge in [-0.2, -0.15) is 0 Å². The molecule has 1 aromatic carbocycles. The van der Waals surface area contributed by atoms with Gasteiger partial charge in [0.2, 0.25) is 0 Å². The lowest BCUT2D eigenvalue weighted by Crippen LogP contribution is -2.44. The first-order chi connectivity index (χ1) is 8.98. The second-order valence-corrected chi connectivity index (χ2v) is 5.68. The Hall–Kier alpha value is -1.55. The van der Waals surface area contributed by atoms with Crippen LogP contribution in [0.15, 0.2) is 24.3 Å². The lowest BCUT2D eigenvalue weighted by atomic mass is 9.90. The van der Waals surface area contributed by atoms with Gasteiger partial charge in [0, 0.05) is 5.41 Å². The van der Waals surface area contributed by atoms with E-state index in [1.54, 1.807) is 6.92 Å².